The number of ether oxygens (including phenoxy) is 2. The minimum atomic E-state index is -0.393. The predicted octanol–water partition coefficient (Wildman–Crippen LogP) is 3.80. The Kier molecular flexibility index (Phi) is 5.97. The molecule has 4 nitrogen and oxygen atoms in total. The lowest BCUT2D eigenvalue weighted by Gasteiger charge is -2.13. The Morgan fingerprint density at radius 1 is 1.09 bits per heavy atom. The monoisotopic (exact) mass is 317 g/mol. The second kappa shape index (κ2) is 8.17. The van der Waals surface area contributed by atoms with E-state index in [0.717, 1.165) is 0 Å². The van der Waals surface area contributed by atoms with Crippen molar-refractivity contribution in [2.24, 2.45) is 0 Å². The van der Waals surface area contributed by atoms with E-state index in [0.29, 0.717) is 36.0 Å². The Balaban J connectivity index is 2.15. The first-order valence-electron chi connectivity index (χ1n) is 7.57. The van der Waals surface area contributed by atoms with Crippen LogP contribution in [0.1, 0.15) is 19.4 Å². The molecule has 1 N–H and O–H groups in total. The summed E-state index contributed by atoms with van der Waals surface area (Å²) < 4.78 is 24.6. The first-order chi connectivity index (χ1) is 11.1. The van der Waals surface area contributed by atoms with Gasteiger partial charge in [-0.3, -0.25) is 4.79 Å². The van der Waals surface area contributed by atoms with Gasteiger partial charge in [-0.2, -0.15) is 0 Å². The molecule has 2 aromatic rings. The quantitative estimate of drug-likeness (QED) is 0.845. The van der Waals surface area contributed by atoms with E-state index in [2.05, 4.69) is 5.32 Å². The molecule has 0 unspecified atom stereocenters. The minimum Gasteiger partial charge on any atom is -0.494 e. The van der Waals surface area contributed by atoms with Crippen molar-refractivity contribution in [2.45, 2.75) is 20.3 Å². The highest BCUT2D eigenvalue weighted by Gasteiger charge is 2.12. The van der Waals surface area contributed by atoms with Gasteiger partial charge in [0.2, 0.25) is 5.91 Å². The zero-order chi connectivity index (χ0) is 16.7. The summed E-state index contributed by atoms with van der Waals surface area (Å²) in [7, 11) is 0. The Bertz CT molecular complexity index is 673. The van der Waals surface area contributed by atoms with Gasteiger partial charge in [0.1, 0.15) is 17.3 Å². The smallest absolute Gasteiger partial charge is 0.229 e. The van der Waals surface area contributed by atoms with Crippen molar-refractivity contribution < 1.29 is 18.7 Å². The number of benzene rings is 2. The summed E-state index contributed by atoms with van der Waals surface area (Å²) in [5.74, 6) is 0.482. The number of hydrogen-bond acceptors (Lipinski definition) is 3. The molecular weight excluding hydrogens is 297 g/mol. The maximum absolute atomic E-state index is 13.6. The third kappa shape index (κ3) is 4.71. The highest BCUT2D eigenvalue weighted by molar-refractivity contribution is 5.94. The molecular formula is C18H20FNO3. The fourth-order valence-electron chi connectivity index (χ4n) is 2.15. The second-order valence-corrected chi connectivity index (χ2v) is 4.84. The van der Waals surface area contributed by atoms with Crippen LogP contribution in [0.4, 0.5) is 10.1 Å². The zero-order valence-electron chi connectivity index (χ0n) is 13.3. The fourth-order valence-corrected chi connectivity index (χ4v) is 2.15. The van der Waals surface area contributed by atoms with Crippen LogP contribution in [0.15, 0.2) is 42.5 Å². The lowest BCUT2D eigenvalue weighted by Crippen LogP contribution is -2.16. The van der Waals surface area contributed by atoms with Crippen molar-refractivity contribution in [3.63, 3.8) is 0 Å². The van der Waals surface area contributed by atoms with Crippen LogP contribution in [0.5, 0.6) is 11.5 Å². The van der Waals surface area contributed by atoms with Gasteiger partial charge < -0.3 is 14.8 Å². The summed E-state index contributed by atoms with van der Waals surface area (Å²) in [6.45, 7) is 4.75. The van der Waals surface area contributed by atoms with Crippen LogP contribution in [0.3, 0.4) is 0 Å². The molecule has 0 saturated heterocycles. The summed E-state index contributed by atoms with van der Waals surface area (Å²) in [5.41, 5.74) is 0.864. The average molecular weight is 317 g/mol. The largest absolute Gasteiger partial charge is 0.494 e. The van der Waals surface area contributed by atoms with Gasteiger partial charge in [-0.15, -0.1) is 0 Å². The van der Waals surface area contributed by atoms with Crippen molar-refractivity contribution in [2.75, 3.05) is 18.5 Å². The van der Waals surface area contributed by atoms with E-state index >= 15 is 0 Å². The van der Waals surface area contributed by atoms with E-state index in [1.807, 2.05) is 13.8 Å². The van der Waals surface area contributed by atoms with E-state index < -0.39 is 5.82 Å². The standard InChI is InChI=1S/C18H20FNO3/c1-3-22-14-9-10-17(23-4-2)16(12-14)20-18(21)11-13-7-5-6-8-15(13)19/h5-10,12H,3-4,11H2,1-2H3,(H,20,21). The van der Waals surface area contributed by atoms with E-state index in [1.54, 1.807) is 36.4 Å². The summed E-state index contributed by atoms with van der Waals surface area (Å²) in [5, 5.41) is 2.76. The molecule has 122 valence electrons. The van der Waals surface area contributed by atoms with E-state index in [4.69, 9.17) is 9.47 Å². The molecule has 2 rings (SSSR count). The Labute approximate surface area is 135 Å². The molecule has 0 aliphatic carbocycles. The van der Waals surface area contributed by atoms with E-state index in [1.165, 1.54) is 6.07 Å². The van der Waals surface area contributed by atoms with Gasteiger partial charge in [-0.25, -0.2) is 4.39 Å². The Morgan fingerprint density at radius 3 is 2.52 bits per heavy atom. The Morgan fingerprint density at radius 2 is 1.83 bits per heavy atom. The number of halogens is 1. The van der Waals surface area contributed by atoms with Crippen molar-refractivity contribution in [3.05, 3.63) is 53.8 Å². The molecule has 2 aromatic carbocycles. The van der Waals surface area contributed by atoms with Crippen LogP contribution in [-0.2, 0) is 11.2 Å². The number of nitrogens with one attached hydrogen (secondary N) is 1. The summed E-state index contributed by atoms with van der Waals surface area (Å²) in [6.07, 6.45) is -0.0445. The van der Waals surface area contributed by atoms with Gasteiger partial charge >= 0.3 is 0 Å². The van der Waals surface area contributed by atoms with Gasteiger partial charge in [0.15, 0.2) is 0 Å². The lowest BCUT2D eigenvalue weighted by atomic mass is 10.1. The molecule has 0 bridgehead atoms. The van der Waals surface area contributed by atoms with Gasteiger partial charge in [0.05, 0.1) is 25.3 Å². The van der Waals surface area contributed by atoms with Gasteiger partial charge in [0.25, 0.3) is 0 Å². The minimum absolute atomic E-state index is 0.0445. The van der Waals surface area contributed by atoms with Gasteiger partial charge in [-0.05, 0) is 37.6 Å². The fraction of sp³-hybridized carbons (Fsp3) is 0.278. The maximum Gasteiger partial charge on any atom is 0.229 e. The second-order valence-electron chi connectivity index (χ2n) is 4.84. The van der Waals surface area contributed by atoms with Gasteiger partial charge in [-0.1, -0.05) is 18.2 Å². The molecule has 0 spiro atoms. The summed E-state index contributed by atoms with van der Waals surface area (Å²) in [4.78, 5) is 12.2. The normalized spacial score (nSPS) is 10.2. The number of carbonyl (C=O) groups excluding carboxylic acids is 1. The maximum atomic E-state index is 13.6. The lowest BCUT2D eigenvalue weighted by molar-refractivity contribution is -0.115. The third-order valence-electron chi connectivity index (χ3n) is 3.14. The summed E-state index contributed by atoms with van der Waals surface area (Å²) >= 11 is 0. The third-order valence-corrected chi connectivity index (χ3v) is 3.14. The molecule has 0 aromatic heterocycles. The molecule has 0 aliphatic rings. The highest BCUT2D eigenvalue weighted by Crippen LogP contribution is 2.29. The van der Waals surface area contributed by atoms with E-state index in [9.17, 15) is 9.18 Å². The number of carbonyl (C=O) groups is 1. The van der Waals surface area contributed by atoms with Crippen molar-refractivity contribution in [1.82, 2.24) is 0 Å². The number of amides is 1. The number of rotatable bonds is 7. The molecule has 5 heteroatoms. The SMILES string of the molecule is CCOc1ccc(OCC)c(NC(=O)Cc2ccccc2F)c1. The molecule has 0 saturated carbocycles. The zero-order valence-corrected chi connectivity index (χ0v) is 13.3. The molecule has 0 radical (unpaired) electrons. The molecule has 23 heavy (non-hydrogen) atoms. The van der Waals surface area contributed by atoms with Crippen LogP contribution >= 0.6 is 0 Å². The Hall–Kier alpha value is -2.56. The molecule has 0 atom stereocenters. The first-order valence-corrected chi connectivity index (χ1v) is 7.57. The molecule has 0 heterocycles. The predicted molar refractivity (Wildman–Crippen MR) is 87.5 cm³/mol. The van der Waals surface area contributed by atoms with Crippen molar-refractivity contribution in [3.8, 4) is 11.5 Å². The highest BCUT2D eigenvalue weighted by atomic mass is 19.1. The number of anilines is 1. The first kappa shape index (κ1) is 16.8. The van der Waals surface area contributed by atoms with Crippen LogP contribution in [-0.4, -0.2) is 19.1 Å². The van der Waals surface area contributed by atoms with Crippen LogP contribution in [0.25, 0.3) is 0 Å². The molecule has 0 aliphatic heterocycles. The van der Waals surface area contributed by atoms with Gasteiger partial charge in [0, 0.05) is 6.07 Å². The molecule has 0 fully saturated rings. The topological polar surface area (TPSA) is 47.6 Å². The summed E-state index contributed by atoms with van der Waals surface area (Å²) in [6, 6.07) is 11.4. The van der Waals surface area contributed by atoms with E-state index in [-0.39, 0.29) is 12.3 Å². The van der Waals surface area contributed by atoms with Crippen LogP contribution < -0.4 is 14.8 Å². The van der Waals surface area contributed by atoms with Crippen LogP contribution in [0, 0.1) is 5.82 Å². The van der Waals surface area contributed by atoms with Crippen molar-refractivity contribution in [1.29, 1.82) is 0 Å². The molecule has 1 amide bonds. The average Bonchev–Trinajstić information content (AvgIpc) is 2.52. The van der Waals surface area contributed by atoms with Crippen LogP contribution in [0.2, 0.25) is 0 Å². The number of hydrogen-bond donors (Lipinski definition) is 1. The van der Waals surface area contributed by atoms with Crippen molar-refractivity contribution >= 4 is 11.6 Å².